The summed E-state index contributed by atoms with van der Waals surface area (Å²) < 4.78 is 79.9. The Kier molecular flexibility index (Phi) is 5.89. The molecule has 1 N–H and O–H groups in total. The molecule has 176 valence electrons. The van der Waals surface area contributed by atoms with Crippen LogP contribution in [0, 0.1) is 6.92 Å². The van der Waals surface area contributed by atoms with Crippen molar-refractivity contribution in [2.24, 2.45) is 0 Å². The number of amides is 1. The number of anilines is 1. The number of hydrogen-bond acceptors (Lipinski definition) is 5. The number of carbonyl (C=O) groups excluding carboxylic acids is 1. The summed E-state index contributed by atoms with van der Waals surface area (Å²) in [4.78, 5) is 20.3. The van der Waals surface area contributed by atoms with E-state index in [1.54, 1.807) is 5.38 Å². The summed E-state index contributed by atoms with van der Waals surface area (Å²) >= 11 is 1.02. The maximum Gasteiger partial charge on any atom is 0.434 e. The number of alkyl halides is 6. The summed E-state index contributed by atoms with van der Waals surface area (Å²) in [5, 5.41) is 7.56. The van der Waals surface area contributed by atoms with Gasteiger partial charge in [-0.15, -0.1) is 11.3 Å². The van der Waals surface area contributed by atoms with Gasteiger partial charge < -0.3 is 0 Å². The van der Waals surface area contributed by atoms with Gasteiger partial charge in [-0.1, -0.05) is 29.8 Å². The van der Waals surface area contributed by atoms with Crippen molar-refractivity contribution in [3.8, 4) is 17.1 Å². The standard InChI is InChI=1S/C21H13F6N5OS/c1-11-2-4-12(5-3-11)15-10-34-19(30-15)31-18(33)14-9-29-32(17(14)21(25,26)27)16-7-6-13(8-28-16)20(22,23)24/h2-10H,1H3,(H,30,31,33). The number of nitrogens with zero attached hydrogens (tertiary/aromatic N) is 4. The predicted molar refractivity (Wildman–Crippen MR) is 112 cm³/mol. The topological polar surface area (TPSA) is 72.7 Å². The van der Waals surface area contributed by atoms with Gasteiger partial charge in [0.1, 0.15) is 0 Å². The predicted octanol–water partition coefficient (Wildman–Crippen LogP) is 5.99. The van der Waals surface area contributed by atoms with Crippen LogP contribution in [0.5, 0.6) is 0 Å². The Morgan fingerprint density at radius 3 is 2.26 bits per heavy atom. The van der Waals surface area contributed by atoms with Crippen LogP contribution >= 0.6 is 11.3 Å². The van der Waals surface area contributed by atoms with E-state index in [2.05, 4.69) is 20.4 Å². The largest absolute Gasteiger partial charge is 0.434 e. The molecule has 0 spiro atoms. The number of halogens is 6. The molecule has 1 amide bonds. The molecule has 6 nitrogen and oxygen atoms in total. The normalized spacial score (nSPS) is 12.1. The highest BCUT2D eigenvalue weighted by molar-refractivity contribution is 7.14. The molecule has 0 bridgehead atoms. The van der Waals surface area contributed by atoms with E-state index in [1.807, 2.05) is 31.2 Å². The first-order chi connectivity index (χ1) is 15.9. The molecule has 0 fully saturated rings. The van der Waals surface area contributed by atoms with Crippen LogP contribution in [0.3, 0.4) is 0 Å². The lowest BCUT2D eigenvalue weighted by Gasteiger charge is -2.12. The third-order valence-electron chi connectivity index (χ3n) is 4.65. The summed E-state index contributed by atoms with van der Waals surface area (Å²) in [7, 11) is 0. The van der Waals surface area contributed by atoms with Crippen LogP contribution in [0.1, 0.15) is 27.2 Å². The van der Waals surface area contributed by atoms with Crippen molar-refractivity contribution in [3.05, 3.63) is 76.6 Å². The zero-order valence-electron chi connectivity index (χ0n) is 17.1. The molecular weight excluding hydrogens is 484 g/mol. The molecule has 0 unspecified atom stereocenters. The Morgan fingerprint density at radius 1 is 0.971 bits per heavy atom. The molecular formula is C21H13F6N5OS. The zero-order valence-corrected chi connectivity index (χ0v) is 17.9. The van der Waals surface area contributed by atoms with Crippen LogP contribution in [0.25, 0.3) is 17.1 Å². The fourth-order valence-corrected chi connectivity index (χ4v) is 3.71. The lowest BCUT2D eigenvalue weighted by Crippen LogP contribution is -2.21. The minimum Gasteiger partial charge on any atom is -0.298 e. The Bertz CT molecular complexity index is 1320. The molecule has 4 rings (SSSR count). The monoisotopic (exact) mass is 497 g/mol. The Balaban J connectivity index is 1.63. The van der Waals surface area contributed by atoms with E-state index in [9.17, 15) is 31.1 Å². The minimum absolute atomic E-state index is 0.0640. The summed E-state index contributed by atoms with van der Waals surface area (Å²) in [5.74, 6) is -1.66. The smallest absolute Gasteiger partial charge is 0.298 e. The van der Waals surface area contributed by atoms with Gasteiger partial charge >= 0.3 is 12.4 Å². The van der Waals surface area contributed by atoms with E-state index in [0.717, 1.165) is 28.5 Å². The Labute approximate surface area is 191 Å². The van der Waals surface area contributed by atoms with Gasteiger partial charge in [-0.05, 0) is 19.1 Å². The first-order valence-corrected chi connectivity index (χ1v) is 10.3. The first-order valence-electron chi connectivity index (χ1n) is 9.46. The fraction of sp³-hybridized carbons (Fsp3) is 0.143. The third-order valence-corrected chi connectivity index (χ3v) is 5.40. The molecule has 0 saturated heterocycles. The van der Waals surface area contributed by atoms with Crippen LogP contribution in [0.2, 0.25) is 0 Å². The number of rotatable bonds is 4. The first kappa shape index (κ1) is 23.4. The maximum atomic E-state index is 13.8. The number of hydrogen-bond donors (Lipinski definition) is 1. The fourth-order valence-electron chi connectivity index (χ4n) is 2.99. The van der Waals surface area contributed by atoms with E-state index in [0.29, 0.717) is 24.2 Å². The molecule has 3 heterocycles. The lowest BCUT2D eigenvalue weighted by molar-refractivity contribution is -0.143. The third kappa shape index (κ3) is 4.78. The van der Waals surface area contributed by atoms with Crippen molar-refractivity contribution in [1.29, 1.82) is 0 Å². The van der Waals surface area contributed by atoms with Crippen molar-refractivity contribution in [2.45, 2.75) is 19.3 Å². The van der Waals surface area contributed by atoms with Crippen LogP contribution in [0.4, 0.5) is 31.5 Å². The maximum absolute atomic E-state index is 13.8. The second-order valence-electron chi connectivity index (χ2n) is 7.08. The second-order valence-corrected chi connectivity index (χ2v) is 7.94. The van der Waals surface area contributed by atoms with Gasteiger partial charge in [-0.2, -0.15) is 31.4 Å². The lowest BCUT2D eigenvalue weighted by atomic mass is 10.1. The van der Waals surface area contributed by atoms with E-state index < -0.39 is 40.9 Å². The molecule has 0 aliphatic rings. The molecule has 3 aromatic heterocycles. The highest BCUT2D eigenvalue weighted by Crippen LogP contribution is 2.35. The zero-order chi connectivity index (χ0) is 24.7. The highest BCUT2D eigenvalue weighted by Gasteiger charge is 2.41. The van der Waals surface area contributed by atoms with Crippen molar-refractivity contribution in [3.63, 3.8) is 0 Å². The van der Waals surface area contributed by atoms with Gasteiger partial charge in [0.05, 0.1) is 23.0 Å². The minimum atomic E-state index is -5.05. The molecule has 0 aliphatic carbocycles. The number of pyridine rings is 1. The number of benzene rings is 1. The van der Waals surface area contributed by atoms with Crippen LogP contribution in [-0.2, 0) is 12.4 Å². The average Bonchev–Trinajstić information content (AvgIpc) is 3.41. The molecule has 34 heavy (non-hydrogen) atoms. The summed E-state index contributed by atoms with van der Waals surface area (Å²) in [6.45, 7) is 1.91. The van der Waals surface area contributed by atoms with Crippen LogP contribution < -0.4 is 5.32 Å². The van der Waals surface area contributed by atoms with Gasteiger partial charge in [-0.25, -0.2) is 14.6 Å². The molecule has 0 atom stereocenters. The quantitative estimate of drug-likeness (QED) is 0.352. The highest BCUT2D eigenvalue weighted by atomic mass is 32.1. The SMILES string of the molecule is Cc1ccc(-c2csc(NC(=O)c3cnn(-c4ccc(C(F)(F)F)cn4)c3C(F)(F)F)n2)cc1. The van der Waals surface area contributed by atoms with Gasteiger partial charge in [0, 0.05) is 17.1 Å². The molecule has 0 saturated carbocycles. The molecule has 1 aromatic carbocycles. The number of aromatic nitrogens is 4. The number of nitrogens with one attached hydrogen (secondary N) is 1. The van der Waals surface area contributed by atoms with Crippen molar-refractivity contribution >= 4 is 22.4 Å². The number of aryl methyl sites for hydroxylation is 1. The van der Waals surface area contributed by atoms with E-state index in [1.165, 1.54) is 0 Å². The van der Waals surface area contributed by atoms with E-state index >= 15 is 0 Å². The van der Waals surface area contributed by atoms with Gasteiger partial charge in [0.15, 0.2) is 16.6 Å². The molecule has 0 radical (unpaired) electrons. The summed E-state index contributed by atoms with van der Waals surface area (Å²) in [6, 6.07) is 8.68. The Hall–Kier alpha value is -3.74. The number of carbonyl (C=O) groups is 1. The number of thiazole rings is 1. The molecule has 13 heteroatoms. The van der Waals surface area contributed by atoms with E-state index in [4.69, 9.17) is 0 Å². The van der Waals surface area contributed by atoms with Crippen molar-refractivity contribution < 1.29 is 31.1 Å². The van der Waals surface area contributed by atoms with Crippen molar-refractivity contribution in [1.82, 2.24) is 19.7 Å². The summed E-state index contributed by atoms with van der Waals surface area (Å²) in [5.41, 5.74) is -1.12. The van der Waals surface area contributed by atoms with Gasteiger partial charge in [-0.3, -0.25) is 10.1 Å². The van der Waals surface area contributed by atoms with Gasteiger partial charge in [0.2, 0.25) is 0 Å². The Morgan fingerprint density at radius 2 is 1.68 bits per heavy atom. The van der Waals surface area contributed by atoms with Crippen molar-refractivity contribution in [2.75, 3.05) is 5.32 Å². The second kappa shape index (κ2) is 8.56. The summed E-state index contributed by atoms with van der Waals surface area (Å²) in [6.07, 6.45) is -8.70. The van der Waals surface area contributed by atoms with Gasteiger partial charge in [0.25, 0.3) is 5.91 Å². The average molecular weight is 497 g/mol. The molecule has 4 aromatic rings. The molecule has 0 aliphatic heterocycles. The van der Waals surface area contributed by atoms with Crippen LogP contribution in [-0.4, -0.2) is 25.7 Å². The van der Waals surface area contributed by atoms with Crippen LogP contribution in [0.15, 0.2) is 54.2 Å². The van der Waals surface area contributed by atoms with E-state index in [-0.39, 0.29) is 9.81 Å².